The van der Waals surface area contributed by atoms with Crippen molar-refractivity contribution in [1.29, 1.82) is 0 Å². The molecule has 0 amide bonds. The van der Waals surface area contributed by atoms with Gasteiger partial charge in [-0.2, -0.15) is 0 Å². The molecule has 0 saturated heterocycles. The average Bonchev–Trinajstić information content (AvgIpc) is 1.48. The van der Waals surface area contributed by atoms with E-state index < -0.39 is 0 Å². The molecule has 0 fully saturated rings. The van der Waals surface area contributed by atoms with Crippen LogP contribution in [0.25, 0.3) is 221 Å². The molecule has 20 heteroatoms. The summed E-state index contributed by atoms with van der Waals surface area (Å²) in [7, 11) is 0. The van der Waals surface area contributed by atoms with Gasteiger partial charge in [-0.25, -0.2) is 19.9 Å². The smallest absolute Gasteiger partial charge is 0.175 e. The summed E-state index contributed by atoms with van der Waals surface area (Å²) in [5.41, 5.74) is 22.9. The molecule has 125 heavy (non-hydrogen) atoms. The largest absolute Gasteiger partial charge is 0.360 e. The van der Waals surface area contributed by atoms with Crippen molar-refractivity contribution in [3.8, 4) is 79.3 Å². The number of fused-ring (bicyclic) bond motifs is 22. The van der Waals surface area contributed by atoms with Crippen molar-refractivity contribution < 1.29 is 0 Å². The fraction of sp³-hybridized carbons (Fsp3) is 0. The molecule has 0 aliphatic rings. The minimum atomic E-state index is 0.540. The van der Waals surface area contributed by atoms with E-state index in [2.05, 4.69) is 379 Å². The molecule has 0 radical (unpaired) electrons. The highest BCUT2D eigenvalue weighted by molar-refractivity contribution is 14.1. The molecule has 0 atom stereocenters. The number of hydrogen-bond donors (Lipinski definition) is 10. The number of aromatic nitrogens is 12. The van der Waals surface area contributed by atoms with Crippen LogP contribution in [0, 0.1) is 3.57 Å². The number of H-pyrrole nitrogens is 8. The monoisotopic (exact) mass is 2000 g/mol. The Morgan fingerprint density at radius 1 is 0.272 bits per heavy atom. The highest BCUT2D eigenvalue weighted by Gasteiger charge is 2.24. The van der Waals surface area contributed by atoms with Crippen LogP contribution in [0.2, 0.25) is 0 Å². The van der Waals surface area contributed by atoms with Crippen molar-refractivity contribution in [2.24, 2.45) is 0 Å². The van der Waals surface area contributed by atoms with Crippen molar-refractivity contribution in [3.05, 3.63) is 368 Å². The van der Waals surface area contributed by atoms with Crippen LogP contribution in [0.4, 0.5) is 11.4 Å². The molecule has 0 aliphatic carbocycles. The standard InChI is InChI=1S/C30H22BrN5S.C29H19N3.C23H13Br2N3.C23H13BrIN3/c31-21-13-16-26-24(17-21)25(18-32-26)29-35-27(19-7-3-1-4-8-19)28(36-29)20-11-14-23(15-12-20)34-30(37)33-22-9-5-2-6-10-22;1-2-10-18(11-3-1)26-25(23-16-8-9-17-24(23)30-26)29-31-27-21-14-6-4-12-19(21)20-13-5-7-15-22(20)28(27)32-29;24-12-5-7-15-14-3-1-2-4-16(14)21-22(18(15)10-12)28-23(27-21)19-11-26-20-8-6-13(25)9-17(19)20;24-12-5-8-20-17(9-12)19(11-26-20)23-27-21-16-4-2-1-3-14(16)15-7-6-13(25)10-18(15)22(21)28-23/h1-18,32H,(H,35,36)(H2,33,34,37);1-17,30H,(H,31,32);2*1-11,26H,(H,27,28). The number of nitrogens with zero attached hydrogens (tertiary/aromatic N) is 4. The molecule has 8 aromatic heterocycles. The Kier molecular flexibility index (Phi) is 20.2. The van der Waals surface area contributed by atoms with Gasteiger partial charge in [0.1, 0.15) is 23.3 Å². The second kappa shape index (κ2) is 32.6. The first-order valence-electron chi connectivity index (χ1n) is 40.6. The van der Waals surface area contributed by atoms with E-state index in [9.17, 15) is 0 Å². The van der Waals surface area contributed by atoms with E-state index in [1.165, 1.54) is 68.2 Å². The van der Waals surface area contributed by atoms with Crippen molar-refractivity contribution >= 4 is 256 Å². The van der Waals surface area contributed by atoms with Crippen LogP contribution in [0.3, 0.4) is 0 Å². The summed E-state index contributed by atoms with van der Waals surface area (Å²) < 4.78 is 5.40. The van der Waals surface area contributed by atoms with Gasteiger partial charge in [-0.3, -0.25) is 0 Å². The molecule has 0 saturated carbocycles. The summed E-state index contributed by atoms with van der Waals surface area (Å²) in [6.07, 6.45) is 6.06. The van der Waals surface area contributed by atoms with Crippen LogP contribution >= 0.6 is 98.5 Å². The molecule has 10 N–H and O–H groups in total. The van der Waals surface area contributed by atoms with Gasteiger partial charge in [-0.15, -0.1) is 0 Å². The van der Waals surface area contributed by atoms with Crippen LogP contribution in [0.15, 0.2) is 364 Å². The van der Waals surface area contributed by atoms with E-state index >= 15 is 0 Å². The van der Waals surface area contributed by atoms with Crippen LogP contribution in [0.1, 0.15) is 0 Å². The number of hydrogen-bond acceptors (Lipinski definition) is 5. The fourth-order valence-electron chi connectivity index (χ4n) is 17.4. The second-order valence-corrected chi connectivity index (χ2v) is 36.0. The molecule has 0 unspecified atom stereocenters. The quantitative estimate of drug-likeness (QED) is 0.0385. The lowest BCUT2D eigenvalue weighted by Crippen LogP contribution is -2.18. The maximum atomic E-state index is 5.48. The first-order valence-corrected chi connectivity index (χ1v) is 45.2. The van der Waals surface area contributed by atoms with Gasteiger partial charge in [0.25, 0.3) is 0 Å². The van der Waals surface area contributed by atoms with E-state index in [1.54, 1.807) is 0 Å². The summed E-state index contributed by atoms with van der Waals surface area (Å²) in [5, 5.41) is 26.1. The lowest BCUT2D eigenvalue weighted by atomic mass is 10.0. The second-order valence-electron chi connectivity index (χ2n) is 30.7. The molecule has 0 aliphatic heterocycles. The van der Waals surface area contributed by atoms with E-state index in [0.717, 1.165) is 185 Å². The molecule has 0 bridgehead atoms. The van der Waals surface area contributed by atoms with Crippen LogP contribution < -0.4 is 10.6 Å². The number of anilines is 2. The van der Waals surface area contributed by atoms with Gasteiger partial charge in [-0.05, 0) is 182 Å². The van der Waals surface area contributed by atoms with Gasteiger partial charge in [0.2, 0.25) is 0 Å². The van der Waals surface area contributed by atoms with Gasteiger partial charge in [0.05, 0.1) is 55.7 Å². The third-order valence-electron chi connectivity index (χ3n) is 23.1. The normalized spacial score (nSPS) is 11.6. The SMILES string of the molecule is Brc1ccc2[nH]cc(-c3nc4c5cc(Br)ccc5c5ccccc5c4[nH]3)c2c1.Brc1ccc2[nH]cc(-c3nc4c5cc(I)ccc5c5ccccc5c4[nH]3)c2c1.S=C(Nc1ccccc1)Nc1ccc(-c2[nH]c(-c3c[nH]c4ccc(Br)cc34)nc2-c2ccccc2)cc1.c1ccc(-c2[nH]c3ccccc3c2-c2nc3c4ccccc4c4ccccc4c3[nH]2)cc1. The van der Waals surface area contributed by atoms with Gasteiger partial charge >= 0.3 is 0 Å². The van der Waals surface area contributed by atoms with Crippen molar-refractivity contribution in [2.75, 3.05) is 10.6 Å². The van der Waals surface area contributed by atoms with Crippen molar-refractivity contribution in [2.45, 2.75) is 0 Å². The summed E-state index contributed by atoms with van der Waals surface area (Å²) in [5.74, 6) is 3.46. The number of aromatic amines is 8. The highest BCUT2D eigenvalue weighted by Crippen LogP contribution is 2.45. The molecular formula is C105H67Br4IN14S. The zero-order valence-electron chi connectivity index (χ0n) is 66.0. The van der Waals surface area contributed by atoms with Gasteiger partial charge in [0.15, 0.2) is 5.11 Å². The van der Waals surface area contributed by atoms with Crippen LogP contribution in [0.5, 0.6) is 0 Å². The topological polar surface area (TPSA) is 202 Å². The summed E-state index contributed by atoms with van der Waals surface area (Å²) in [6, 6.07) is 113. The Morgan fingerprint density at radius 3 is 1.14 bits per heavy atom. The first-order chi connectivity index (χ1) is 61.4. The zero-order chi connectivity index (χ0) is 83.9. The Morgan fingerprint density at radius 2 is 0.632 bits per heavy atom. The molecule has 8 heterocycles. The molecule has 17 aromatic carbocycles. The molecule has 598 valence electrons. The van der Waals surface area contributed by atoms with Crippen LogP contribution in [-0.4, -0.2) is 64.9 Å². The predicted molar refractivity (Wildman–Crippen MR) is 547 cm³/mol. The average molecular weight is 2000 g/mol. The number of para-hydroxylation sites is 2. The highest BCUT2D eigenvalue weighted by atomic mass is 127. The maximum Gasteiger partial charge on any atom is 0.175 e. The number of nitrogens with one attached hydrogen (secondary N) is 10. The third kappa shape index (κ3) is 14.5. The van der Waals surface area contributed by atoms with Crippen LogP contribution in [-0.2, 0) is 0 Å². The maximum absolute atomic E-state index is 5.48. The molecule has 25 rings (SSSR count). The minimum absolute atomic E-state index is 0.540. The van der Waals surface area contributed by atoms with E-state index in [0.29, 0.717) is 5.11 Å². The minimum Gasteiger partial charge on any atom is -0.360 e. The Labute approximate surface area is 766 Å². The third-order valence-corrected chi connectivity index (χ3v) is 26.0. The molecular weight excluding hydrogens is 1940 g/mol. The summed E-state index contributed by atoms with van der Waals surface area (Å²) in [6.45, 7) is 0. The zero-order valence-corrected chi connectivity index (χ0v) is 75.3. The molecule has 25 aromatic rings. The molecule has 0 spiro atoms. The summed E-state index contributed by atoms with van der Waals surface area (Å²) in [4.78, 5) is 48.6. The van der Waals surface area contributed by atoms with Crippen molar-refractivity contribution in [1.82, 2.24) is 59.8 Å². The van der Waals surface area contributed by atoms with E-state index in [1.807, 2.05) is 104 Å². The van der Waals surface area contributed by atoms with E-state index in [-0.39, 0.29) is 0 Å². The number of rotatable bonds is 9. The Balaban J connectivity index is 0.0000000994. The lowest BCUT2D eigenvalue weighted by molar-refractivity contribution is 1.31. The van der Waals surface area contributed by atoms with Gasteiger partial charge in [0, 0.05) is 155 Å². The number of thiocarbonyl (C=S) groups is 1. The Hall–Kier alpha value is -13.6. The van der Waals surface area contributed by atoms with Crippen molar-refractivity contribution in [3.63, 3.8) is 0 Å². The first kappa shape index (κ1) is 77.5. The lowest BCUT2D eigenvalue weighted by Gasteiger charge is -2.11. The summed E-state index contributed by atoms with van der Waals surface area (Å²) >= 11 is 22.2. The predicted octanol–water partition coefficient (Wildman–Crippen LogP) is 31.1. The van der Waals surface area contributed by atoms with Gasteiger partial charge in [-0.1, -0.05) is 282 Å². The molecule has 14 nitrogen and oxygen atoms in total. The Bertz CT molecular complexity index is 8230. The number of halogens is 5. The number of imidazole rings is 4. The fourth-order valence-corrected chi connectivity index (χ4v) is 19.6. The van der Waals surface area contributed by atoms with Gasteiger partial charge < -0.3 is 50.5 Å². The number of benzene rings is 17. The van der Waals surface area contributed by atoms with E-state index in [4.69, 9.17) is 32.2 Å².